The van der Waals surface area contributed by atoms with Crippen molar-refractivity contribution in [1.82, 2.24) is 15.0 Å². The summed E-state index contributed by atoms with van der Waals surface area (Å²) < 4.78 is 2.45. The van der Waals surface area contributed by atoms with Gasteiger partial charge in [-0.3, -0.25) is 0 Å². The molecule has 2 heterocycles. The average molecular weight is 728 g/mol. The number of thiophene rings is 1. The topological polar surface area (TPSA) is 38.7 Å². The van der Waals surface area contributed by atoms with Crippen molar-refractivity contribution < 1.29 is 0 Å². The van der Waals surface area contributed by atoms with Crippen molar-refractivity contribution in [2.24, 2.45) is 0 Å². The highest BCUT2D eigenvalue weighted by atomic mass is 35.5. The van der Waals surface area contributed by atoms with Crippen molar-refractivity contribution in [1.29, 1.82) is 0 Å². The van der Waals surface area contributed by atoms with Crippen LogP contribution in [0.1, 0.15) is 0 Å². The first-order valence-electron chi connectivity index (χ1n) is 17.9. The molecule has 0 fully saturated rings. The summed E-state index contributed by atoms with van der Waals surface area (Å²) in [4.78, 5) is 14.0. The molecule has 54 heavy (non-hydrogen) atoms. The van der Waals surface area contributed by atoms with Gasteiger partial charge >= 0.3 is 0 Å². The minimum Gasteiger partial charge on any atom is -0.208 e. The number of rotatable bonds is 6. The lowest BCUT2D eigenvalue weighted by atomic mass is 9.89. The van der Waals surface area contributed by atoms with E-state index in [0.717, 1.165) is 22.3 Å². The Morgan fingerprint density at radius 1 is 0.333 bits per heavy atom. The van der Waals surface area contributed by atoms with E-state index in [-0.39, 0.29) is 5.28 Å². The third-order valence-electron chi connectivity index (χ3n) is 10.1. The number of fused-ring (bicyclic) bond motifs is 4. The van der Waals surface area contributed by atoms with Crippen LogP contribution in [0.2, 0.25) is 5.28 Å². The van der Waals surface area contributed by atoms with Crippen LogP contribution < -0.4 is 0 Å². The highest BCUT2D eigenvalue weighted by molar-refractivity contribution is 7.25. The third-order valence-corrected chi connectivity index (χ3v) is 11.4. The first kappa shape index (κ1) is 32.2. The number of hydrogen-bond donors (Lipinski definition) is 0. The molecular formula is C49H30ClN3S. The van der Waals surface area contributed by atoms with Crippen molar-refractivity contribution in [2.75, 3.05) is 0 Å². The molecule has 10 aromatic rings. The Bertz CT molecular complexity index is 2990. The van der Waals surface area contributed by atoms with Gasteiger partial charge < -0.3 is 0 Å². The van der Waals surface area contributed by atoms with Gasteiger partial charge in [-0.1, -0.05) is 146 Å². The zero-order valence-electron chi connectivity index (χ0n) is 28.9. The molecule has 0 N–H and O–H groups in total. The third kappa shape index (κ3) is 6.02. The molecule has 0 radical (unpaired) electrons. The second-order valence-electron chi connectivity index (χ2n) is 13.4. The van der Waals surface area contributed by atoms with Gasteiger partial charge in [0.05, 0.1) is 0 Å². The lowest BCUT2D eigenvalue weighted by molar-refractivity contribution is 1.07. The van der Waals surface area contributed by atoms with E-state index in [1.54, 1.807) is 11.3 Å². The molecule has 0 aliphatic heterocycles. The first-order chi connectivity index (χ1) is 26.6. The quantitative estimate of drug-likeness (QED) is 0.171. The molecule has 0 amide bonds. The van der Waals surface area contributed by atoms with E-state index >= 15 is 0 Å². The summed E-state index contributed by atoms with van der Waals surface area (Å²) in [5.74, 6) is 1.10. The summed E-state index contributed by atoms with van der Waals surface area (Å²) in [5, 5.41) is 5.01. The second-order valence-corrected chi connectivity index (χ2v) is 14.8. The van der Waals surface area contributed by atoms with Crippen LogP contribution in [0.15, 0.2) is 182 Å². The van der Waals surface area contributed by atoms with E-state index in [2.05, 4.69) is 180 Å². The first-order valence-corrected chi connectivity index (χ1v) is 19.1. The van der Waals surface area contributed by atoms with Crippen LogP contribution in [0.3, 0.4) is 0 Å². The molecule has 3 nitrogen and oxygen atoms in total. The van der Waals surface area contributed by atoms with Gasteiger partial charge in [0.25, 0.3) is 0 Å². The number of aromatic nitrogens is 3. The largest absolute Gasteiger partial charge is 0.226 e. The normalized spacial score (nSPS) is 11.4. The molecule has 8 aromatic carbocycles. The van der Waals surface area contributed by atoms with Crippen molar-refractivity contribution in [3.05, 3.63) is 187 Å². The minimum atomic E-state index is 0.168. The maximum Gasteiger partial charge on any atom is 0.226 e. The van der Waals surface area contributed by atoms with E-state index in [1.165, 1.54) is 64.3 Å². The zero-order valence-corrected chi connectivity index (χ0v) is 30.5. The summed E-state index contributed by atoms with van der Waals surface area (Å²) in [6.07, 6.45) is 0. The van der Waals surface area contributed by atoms with E-state index in [9.17, 15) is 0 Å². The summed E-state index contributed by atoms with van der Waals surface area (Å²) in [6, 6.07) is 64.6. The van der Waals surface area contributed by atoms with Gasteiger partial charge in [-0.15, -0.1) is 11.3 Å². The van der Waals surface area contributed by atoms with Gasteiger partial charge in [-0.05, 0) is 103 Å². The van der Waals surface area contributed by atoms with Crippen molar-refractivity contribution in [3.8, 4) is 67.3 Å². The van der Waals surface area contributed by atoms with E-state index in [4.69, 9.17) is 16.6 Å². The smallest absolute Gasteiger partial charge is 0.208 e. The highest BCUT2D eigenvalue weighted by Crippen LogP contribution is 2.39. The van der Waals surface area contributed by atoms with Gasteiger partial charge in [0.15, 0.2) is 11.6 Å². The lowest BCUT2D eigenvalue weighted by Gasteiger charge is -2.14. The van der Waals surface area contributed by atoms with Crippen molar-refractivity contribution >= 4 is 53.9 Å². The molecule has 5 heteroatoms. The SMILES string of the molecule is Clc1nc(-c2cccc(-c3ccc4cc(-c5ccc(-c6ccccc6)cc5)c(-c5ccccc5)cc4c3)c2)nc(-c2ccc3c(c2)sc2ccccc23)n1. The van der Waals surface area contributed by atoms with E-state index in [0.29, 0.717) is 11.6 Å². The molecule has 0 aliphatic carbocycles. The Balaban J connectivity index is 1.01. The molecule has 0 atom stereocenters. The average Bonchev–Trinajstić information content (AvgIpc) is 3.61. The van der Waals surface area contributed by atoms with Crippen LogP contribution in [0.4, 0.5) is 0 Å². The van der Waals surface area contributed by atoms with Crippen LogP contribution in [-0.4, -0.2) is 15.0 Å². The fraction of sp³-hybridized carbons (Fsp3) is 0. The van der Waals surface area contributed by atoms with Gasteiger partial charge in [-0.25, -0.2) is 4.98 Å². The summed E-state index contributed by atoms with van der Waals surface area (Å²) in [7, 11) is 0. The predicted molar refractivity (Wildman–Crippen MR) is 228 cm³/mol. The number of halogens is 1. The molecule has 0 spiro atoms. The highest BCUT2D eigenvalue weighted by Gasteiger charge is 2.15. The molecule has 0 unspecified atom stereocenters. The van der Waals surface area contributed by atoms with E-state index in [1.807, 2.05) is 12.1 Å². The molecule has 0 saturated heterocycles. The van der Waals surface area contributed by atoms with E-state index < -0.39 is 0 Å². The van der Waals surface area contributed by atoms with Crippen LogP contribution >= 0.6 is 22.9 Å². The zero-order chi connectivity index (χ0) is 36.0. The van der Waals surface area contributed by atoms with Gasteiger partial charge in [0.2, 0.25) is 5.28 Å². The summed E-state index contributed by atoms with van der Waals surface area (Å²) in [6.45, 7) is 0. The Kier molecular flexibility index (Phi) is 8.06. The van der Waals surface area contributed by atoms with Gasteiger partial charge in [0.1, 0.15) is 0 Å². The molecule has 10 rings (SSSR count). The fourth-order valence-corrected chi connectivity index (χ4v) is 8.66. The Morgan fingerprint density at radius 2 is 0.852 bits per heavy atom. The molecular weight excluding hydrogens is 698 g/mol. The number of hydrogen-bond acceptors (Lipinski definition) is 4. The van der Waals surface area contributed by atoms with Crippen molar-refractivity contribution in [2.45, 2.75) is 0 Å². The Morgan fingerprint density at radius 3 is 1.63 bits per heavy atom. The van der Waals surface area contributed by atoms with Gasteiger partial charge in [0, 0.05) is 31.3 Å². The van der Waals surface area contributed by atoms with Crippen LogP contribution in [-0.2, 0) is 0 Å². The van der Waals surface area contributed by atoms with Crippen LogP contribution in [0, 0.1) is 0 Å². The minimum absolute atomic E-state index is 0.168. The molecule has 0 aliphatic rings. The number of benzene rings is 8. The maximum atomic E-state index is 6.55. The van der Waals surface area contributed by atoms with Crippen LogP contribution in [0.5, 0.6) is 0 Å². The second kappa shape index (κ2) is 13.5. The Labute approximate surface area is 321 Å². The predicted octanol–water partition coefficient (Wildman–Crippen LogP) is 14.0. The maximum absolute atomic E-state index is 6.55. The lowest BCUT2D eigenvalue weighted by Crippen LogP contribution is -1.97. The Hall–Kier alpha value is -6.46. The molecule has 0 saturated carbocycles. The molecule has 2 aromatic heterocycles. The van der Waals surface area contributed by atoms with Crippen LogP contribution in [0.25, 0.3) is 98.2 Å². The van der Waals surface area contributed by atoms with Gasteiger partial charge in [-0.2, -0.15) is 9.97 Å². The molecule has 0 bridgehead atoms. The molecule has 254 valence electrons. The summed E-state index contributed by atoms with van der Waals surface area (Å²) >= 11 is 8.32. The fourth-order valence-electron chi connectivity index (χ4n) is 7.36. The van der Waals surface area contributed by atoms with Crippen molar-refractivity contribution in [3.63, 3.8) is 0 Å². The summed E-state index contributed by atoms with van der Waals surface area (Å²) in [5.41, 5.74) is 11.2. The standard InChI is InChI=1S/C49H30ClN3S/c50-49-52-47(51-48(53-49)39-24-25-42-41-16-7-8-17-45(41)54-46(42)30-39)38-15-9-14-35(26-38)36-22-23-37-28-43(44(29-40(37)27-36)33-12-5-2-6-13-33)34-20-18-32(19-21-34)31-10-3-1-4-11-31/h1-30H. The monoisotopic (exact) mass is 727 g/mol. The number of nitrogens with zero attached hydrogens (tertiary/aromatic N) is 3.